The smallest absolute Gasteiger partial charge is 0.261 e. The minimum absolute atomic E-state index is 0.0489. The summed E-state index contributed by atoms with van der Waals surface area (Å²) < 4.78 is 47.2. The Bertz CT molecular complexity index is 1520. The Morgan fingerprint density at radius 3 is 2.42 bits per heavy atom. The molecule has 1 atom stereocenters. The number of benzene rings is 2. The summed E-state index contributed by atoms with van der Waals surface area (Å²) >= 11 is 6.37. The van der Waals surface area contributed by atoms with Crippen LogP contribution >= 0.6 is 11.6 Å². The Labute approximate surface area is 236 Å². The molecule has 0 radical (unpaired) electrons. The van der Waals surface area contributed by atoms with Gasteiger partial charge in [-0.15, -0.1) is 0 Å². The maximum atomic E-state index is 14.1. The molecule has 0 spiro atoms. The lowest BCUT2D eigenvalue weighted by atomic mass is 9.92. The predicted octanol–water partition coefficient (Wildman–Crippen LogP) is 3.30. The molecule has 2 fully saturated rings. The first kappa shape index (κ1) is 28.2. The van der Waals surface area contributed by atoms with Crippen LogP contribution in [0.4, 0.5) is 4.39 Å². The maximum Gasteiger partial charge on any atom is 0.261 e. The normalized spacial score (nSPS) is 21.9. The molecule has 1 aliphatic carbocycles. The fourth-order valence-electron chi connectivity index (χ4n) is 5.23. The van der Waals surface area contributed by atoms with Crippen LogP contribution in [0, 0.1) is 12.7 Å². The molecule has 2 aliphatic rings. The number of carbonyl (C=O) groups excluding carboxylic acids is 2. The summed E-state index contributed by atoms with van der Waals surface area (Å²) in [7, 11) is -4.28. The highest BCUT2D eigenvalue weighted by Gasteiger charge is 2.48. The molecule has 1 saturated carbocycles. The Morgan fingerprint density at radius 2 is 1.75 bits per heavy atom. The number of sulfonamides is 1. The number of halogens is 2. The second kappa shape index (κ2) is 11.3. The quantitative estimate of drug-likeness (QED) is 0.450. The fourth-order valence-corrected chi connectivity index (χ4v) is 7.00. The van der Waals surface area contributed by atoms with Crippen molar-refractivity contribution in [1.82, 2.24) is 19.7 Å². The van der Waals surface area contributed by atoms with Gasteiger partial charge in [0.15, 0.2) is 6.17 Å². The SMILES string of the molecule is Cc1onc(-c2ccccc2Cl)c1C(=O)N1CCN(S(=O)(=O)c2ccc(F)cc2)C1C(=O)NC1CCC(N)CC1. The zero-order chi connectivity index (χ0) is 28.6. The van der Waals surface area contributed by atoms with Crippen LogP contribution in [0.1, 0.15) is 41.8 Å². The molecule has 2 amide bonds. The molecule has 40 heavy (non-hydrogen) atoms. The van der Waals surface area contributed by atoms with Crippen LogP contribution < -0.4 is 11.1 Å². The van der Waals surface area contributed by atoms with Gasteiger partial charge in [0.1, 0.15) is 22.8 Å². The van der Waals surface area contributed by atoms with E-state index in [4.69, 9.17) is 21.9 Å². The van der Waals surface area contributed by atoms with Crippen LogP contribution in [0.25, 0.3) is 11.3 Å². The lowest BCUT2D eigenvalue weighted by Gasteiger charge is -2.32. The zero-order valence-corrected chi connectivity index (χ0v) is 23.3. The van der Waals surface area contributed by atoms with Crippen molar-refractivity contribution in [3.05, 3.63) is 70.7 Å². The van der Waals surface area contributed by atoms with Crippen LogP contribution in [0.3, 0.4) is 0 Å². The number of rotatable bonds is 6. The van der Waals surface area contributed by atoms with Gasteiger partial charge in [-0.05, 0) is 62.9 Å². The molecule has 1 aromatic heterocycles. The first-order valence-corrected chi connectivity index (χ1v) is 14.7. The van der Waals surface area contributed by atoms with Crippen LogP contribution in [0.2, 0.25) is 5.02 Å². The molecule has 0 bridgehead atoms. The van der Waals surface area contributed by atoms with Crippen molar-refractivity contribution in [2.24, 2.45) is 5.73 Å². The predicted molar refractivity (Wildman–Crippen MR) is 145 cm³/mol. The van der Waals surface area contributed by atoms with E-state index in [0.29, 0.717) is 23.4 Å². The summed E-state index contributed by atoms with van der Waals surface area (Å²) in [6, 6.07) is 11.0. The van der Waals surface area contributed by atoms with Crippen LogP contribution in [0.5, 0.6) is 0 Å². The van der Waals surface area contributed by atoms with E-state index >= 15 is 0 Å². The van der Waals surface area contributed by atoms with Crippen molar-refractivity contribution in [3.8, 4) is 11.3 Å². The summed E-state index contributed by atoms with van der Waals surface area (Å²) in [5.41, 5.74) is 6.73. The van der Waals surface area contributed by atoms with E-state index < -0.39 is 33.8 Å². The number of aryl methyl sites for hydroxylation is 1. The van der Waals surface area contributed by atoms with Gasteiger partial charge in [0.05, 0.1) is 9.92 Å². The number of aromatic nitrogens is 1. The average Bonchev–Trinajstić information content (AvgIpc) is 3.55. The minimum atomic E-state index is -4.28. The molecule has 10 nitrogen and oxygen atoms in total. The number of nitrogens with zero attached hydrogens (tertiary/aromatic N) is 3. The minimum Gasteiger partial charge on any atom is -0.360 e. The van der Waals surface area contributed by atoms with Crippen LogP contribution in [0.15, 0.2) is 57.9 Å². The maximum absolute atomic E-state index is 14.1. The van der Waals surface area contributed by atoms with E-state index in [9.17, 15) is 22.4 Å². The molecular weight excluding hydrogens is 561 g/mol. The Balaban J connectivity index is 1.52. The third kappa shape index (κ3) is 5.36. The van der Waals surface area contributed by atoms with E-state index in [1.807, 2.05) is 0 Å². The first-order chi connectivity index (χ1) is 19.1. The zero-order valence-electron chi connectivity index (χ0n) is 21.7. The first-order valence-electron chi connectivity index (χ1n) is 12.9. The van der Waals surface area contributed by atoms with Gasteiger partial charge in [-0.3, -0.25) is 9.59 Å². The fraction of sp³-hybridized carbons (Fsp3) is 0.370. The van der Waals surface area contributed by atoms with E-state index in [1.54, 1.807) is 31.2 Å². The summed E-state index contributed by atoms with van der Waals surface area (Å²) in [5, 5.41) is 7.32. The number of hydrogen-bond donors (Lipinski definition) is 2. The summed E-state index contributed by atoms with van der Waals surface area (Å²) in [6.45, 7) is 1.34. The number of hydrogen-bond acceptors (Lipinski definition) is 7. The third-order valence-electron chi connectivity index (χ3n) is 7.37. The van der Waals surface area contributed by atoms with Crippen LogP contribution in [-0.2, 0) is 14.8 Å². The van der Waals surface area contributed by atoms with Gasteiger partial charge in [0.25, 0.3) is 11.8 Å². The molecule has 1 saturated heterocycles. The Kier molecular flexibility index (Phi) is 7.96. The van der Waals surface area contributed by atoms with Gasteiger partial charge in [0, 0.05) is 30.7 Å². The molecule has 3 N–H and O–H groups in total. The topological polar surface area (TPSA) is 139 Å². The molecule has 1 aliphatic heterocycles. The van der Waals surface area contributed by atoms with Gasteiger partial charge in [-0.25, -0.2) is 12.8 Å². The third-order valence-corrected chi connectivity index (χ3v) is 9.57. The van der Waals surface area contributed by atoms with Gasteiger partial charge in [-0.1, -0.05) is 35.0 Å². The van der Waals surface area contributed by atoms with E-state index in [-0.39, 0.29) is 47.1 Å². The van der Waals surface area contributed by atoms with Crippen LogP contribution in [-0.4, -0.2) is 65.9 Å². The monoisotopic (exact) mass is 589 g/mol. The van der Waals surface area contributed by atoms with Gasteiger partial charge in [-0.2, -0.15) is 4.31 Å². The standard InChI is InChI=1S/C27H29ClFN5O5S/c1-16-23(24(32-39-16)21-4-2-3-5-22(21)28)27(36)33-14-15-34(40(37,38)20-12-6-17(29)7-13-20)26(33)25(35)31-19-10-8-18(30)9-11-19/h2-7,12-13,18-19,26H,8-11,14-15,30H2,1H3,(H,31,35). The lowest BCUT2D eigenvalue weighted by molar-refractivity contribution is -0.128. The van der Waals surface area contributed by atoms with Crippen molar-refractivity contribution < 1.29 is 26.9 Å². The highest BCUT2D eigenvalue weighted by molar-refractivity contribution is 7.89. The number of amides is 2. The average molecular weight is 590 g/mol. The second-order valence-electron chi connectivity index (χ2n) is 10.0. The molecule has 212 valence electrons. The van der Waals surface area contributed by atoms with Crippen molar-refractivity contribution in [2.45, 2.75) is 55.8 Å². The second-order valence-corrected chi connectivity index (χ2v) is 12.3. The molecule has 13 heteroatoms. The number of carbonyl (C=O) groups is 2. The lowest BCUT2D eigenvalue weighted by Crippen LogP contribution is -2.56. The van der Waals surface area contributed by atoms with Crippen molar-refractivity contribution in [1.29, 1.82) is 0 Å². The number of nitrogens with two attached hydrogens (primary N) is 1. The number of nitrogens with one attached hydrogen (secondary N) is 1. The van der Waals surface area contributed by atoms with Crippen molar-refractivity contribution >= 4 is 33.4 Å². The molecule has 5 rings (SSSR count). The van der Waals surface area contributed by atoms with Gasteiger partial charge >= 0.3 is 0 Å². The summed E-state index contributed by atoms with van der Waals surface area (Å²) in [6.07, 6.45) is 1.22. The largest absolute Gasteiger partial charge is 0.360 e. The summed E-state index contributed by atoms with van der Waals surface area (Å²) in [5.74, 6) is -1.67. The molecule has 2 aromatic carbocycles. The Hall–Kier alpha value is -3.32. The summed E-state index contributed by atoms with van der Waals surface area (Å²) in [4.78, 5) is 28.8. The molecule has 2 heterocycles. The molecule has 3 aromatic rings. The molecular formula is C27H29ClFN5O5S. The van der Waals surface area contributed by atoms with Gasteiger partial charge in [0.2, 0.25) is 10.0 Å². The highest BCUT2D eigenvalue weighted by atomic mass is 35.5. The van der Waals surface area contributed by atoms with E-state index in [2.05, 4.69) is 10.5 Å². The highest BCUT2D eigenvalue weighted by Crippen LogP contribution is 2.34. The molecule has 1 unspecified atom stereocenters. The van der Waals surface area contributed by atoms with Crippen molar-refractivity contribution in [2.75, 3.05) is 13.1 Å². The van der Waals surface area contributed by atoms with Gasteiger partial charge < -0.3 is 20.5 Å². The van der Waals surface area contributed by atoms with E-state index in [0.717, 1.165) is 41.4 Å². The van der Waals surface area contributed by atoms with E-state index in [1.165, 1.54) is 4.90 Å². The van der Waals surface area contributed by atoms with Crippen molar-refractivity contribution in [3.63, 3.8) is 0 Å². The Morgan fingerprint density at radius 1 is 1.07 bits per heavy atom.